The maximum Gasteiger partial charge on any atom is 0.320 e. The number of para-hydroxylation sites is 1. The summed E-state index contributed by atoms with van der Waals surface area (Å²) >= 11 is 3.65. The number of ether oxygens (including phenoxy) is 2. The van der Waals surface area contributed by atoms with E-state index in [1.165, 1.54) is 6.07 Å². The van der Waals surface area contributed by atoms with Crippen LogP contribution in [-0.2, 0) is 16.1 Å². The number of methoxy groups -OCH3 is 1. The molecule has 2 fully saturated rings. The summed E-state index contributed by atoms with van der Waals surface area (Å²) in [6.07, 6.45) is 2.03. The smallest absolute Gasteiger partial charge is 0.320 e. The van der Waals surface area contributed by atoms with E-state index in [1.54, 1.807) is 17.9 Å². The molecule has 41 heavy (non-hydrogen) atoms. The van der Waals surface area contributed by atoms with E-state index in [2.05, 4.69) is 36.8 Å². The van der Waals surface area contributed by atoms with Gasteiger partial charge < -0.3 is 20.1 Å². The van der Waals surface area contributed by atoms with E-state index in [1.807, 2.05) is 30.3 Å². The van der Waals surface area contributed by atoms with Crippen molar-refractivity contribution in [2.24, 2.45) is 0 Å². The van der Waals surface area contributed by atoms with Gasteiger partial charge in [0.2, 0.25) is 0 Å². The van der Waals surface area contributed by atoms with Gasteiger partial charge in [0.1, 0.15) is 5.69 Å². The normalized spacial score (nSPS) is 19.9. The summed E-state index contributed by atoms with van der Waals surface area (Å²) in [6, 6.07) is 12.7. The number of aromatic nitrogens is 2. The highest BCUT2D eigenvalue weighted by atomic mass is 79.9. The second-order valence-corrected chi connectivity index (χ2v) is 11.1. The van der Waals surface area contributed by atoms with Crippen molar-refractivity contribution in [2.75, 3.05) is 51.8 Å². The summed E-state index contributed by atoms with van der Waals surface area (Å²) < 4.78 is 41.4. The fourth-order valence-corrected chi connectivity index (χ4v) is 5.85. The van der Waals surface area contributed by atoms with Crippen LogP contribution >= 0.6 is 15.9 Å². The molecule has 0 saturated carbocycles. The van der Waals surface area contributed by atoms with E-state index in [4.69, 9.17) is 14.6 Å². The summed E-state index contributed by atoms with van der Waals surface area (Å²) in [5.74, 6) is -1.57. The van der Waals surface area contributed by atoms with E-state index in [9.17, 15) is 13.6 Å². The van der Waals surface area contributed by atoms with Crippen LogP contribution in [0.4, 0.5) is 19.4 Å². The third-order valence-electron chi connectivity index (χ3n) is 7.56. The van der Waals surface area contributed by atoms with Crippen LogP contribution in [0.2, 0.25) is 0 Å². The molecule has 3 N–H and O–H groups in total. The third-order valence-corrected chi connectivity index (χ3v) is 8.40. The molecule has 5 rings (SSSR count). The molecule has 2 atom stereocenters. The van der Waals surface area contributed by atoms with E-state index in [0.717, 1.165) is 37.7 Å². The number of piperidine rings is 1. The molecule has 2 unspecified atom stereocenters. The third kappa shape index (κ3) is 7.31. The molecule has 3 aromatic rings. The molecule has 12 heteroatoms. The molecular weight excluding hydrogens is 598 g/mol. The Kier molecular flexibility index (Phi) is 9.99. The number of amides is 2. The van der Waals surface area contributed by atoms with Gasteiger partial charge in [-0.2, -0.15) is 5.10 Å². The molecule has 3 heterocycles. The maximum atomic E-state index is 14.1. The average Bonchev–Trinajstić information content (AvgIpc) is 3.53. The lowest BCUT2D eigenvalue weighted by molar-refractivity contribution is 0.0192. The zero-order chi connectivity index (χ0) is 28.8. The zero-order valence-electron chi connectivity index (χ0n) is 22.9. The molecule has 0 spiro atoms. The average molecular weight is 634 g/mol. The van der Waals surface area contributed by atoms with Crippen LogP contribution in [0.15, 0.2) is 53.0 Å². The largest absolute Gasteiger partial charge is 0.383 e. The molecule has 2 aliphatic heterocycles. The fraction of sp³-hybridized carbons (Fsp3) is 0.448. The van der Waals surface area contributed by atoms with Crippen molar-refractivity contribution in [2.45, 2.75) is 37.5 Å². The molecular formula is C29H35BrF2N6O3. The fourth-order valence-electron chi connectivity index (χ4n) is 5.39. The molecule has 2 aliphatic rings. The van der Waals surface area contributed by atoms with Gasteiger partial charge in [-0.05, 0) is 71.7 Å². The first kappa shape index (κ1) is 29.6. The van der Waals surface area contributed by atoms with Crippen LogP contribution in [0, 0.1) is 11.6 Å². The van der Waals surface area contributed by atoms with Crippen molar-refractivity contribution in [1.29, 1.82) is 0 Å². The SMILES string of the molecule is COCCN1CC(NC(=O)Nc2c(Br)c(COC3CCNCC3)nn2-c2ccccc2)C(c2ccc(F)c(F)c2)C1. The minimum absolute atomic E-state index is 0.154. The molecule has 2 amide bonds. The summed E-state index contributed by atoms with van der Waals surface area (Å²) in [5.41, 5.74) is 2.08. The lowest BCUT2D eigenvalue weighted by Gasteiger charge is -2.22. The van der Waals surface area contributed by atoms with Crippen molar-refractivity contribution in [3.8, 4) is 5.69 Å². The number of hydrogen-bond acceptors (Lipinski definition) is 6. The number of likely N-dealkylation sites (tertiary alicyclic amines) is 1. The number of nitrogens with one attached hydrogen (secondary N) is 3. The summed E-state index contributed by atoms with van der Waals surface area (Å²) in [6.45, 7) is 4.44. The highest BCUT2D eigenvalue weighted by Gasteiger charge is 2.35. The van der Waals surface area contributed by atoms with Gasteiger partial charge in [-0.3, -0.25) is 10.2 Å². The predicted molar refractivity (Wildman–Crippen MR) is 155 cm³/mol. The van der Waals surface area contributed by atoms with Crippen LogP contribution in [-0.4, -0.2) is 79.3 Å². The highest BCUT2D eigenvalue weighted by Crippen LogP contribution is 2.32. The molecule has 0 bridgehead atoms. The van der Waals surface area contributed by atoms with E-state index < -0.39 is 17.7 Å². The maximum absolute atomic E-state index is 14.1. The van der Waals surface area contributed by atoms with Gasteiger partial charge in [0, 0.05) is 32.7 Å². The van der Waals surface area contributed by atoms with Gasteiger partial charge in [0.05, 0.1) is 35.5 Å². The second-order valence-electron chi connectivity index (χ2n) is 10.4. The van der Waals surface area contributed by atoms with Gasteiger partial charge in [-0.25, -0.2) is 18.3 Å². The Hall–Kier alpha value is -2.90. The molecule has 9 nitrogen and oxygen atoms in total. The summed E-state index contributed by atoms with van der Waals surface area (Å²) in [5, 5.41) is 14.1. The minimum atomic E-state index is -0.907. The topological polar surface area (TPSA) is 92.7 Å². The van der Waals surface area contributed by atoms with Crippen molar-refractivity contribution < 1.29 is 23.0 Å². The molecule has 1 aromatic heterocycles. The Labute approximate surface area is 246 Å². The van der Waals surface area contributed by atoms with Gasteiger partial charge in [-0.1, -0.05) is 24.3 Å². The van der Waals surface area contributed by atoms with Gasteiger partial charge in [0.15, 0.2) is 17.5 Å². The lowest BCUT2D eigenvalue weighted by atomic mass is 9.94. The first-order valence-corrected chi connectivity index (χ1v) is 14.6. The number of urea groups is 1. The molecule has 2 saturated heterocycles. The first-order chi connectivity index (χ1) is 19.9. The minimum Gasteiger partial charge on any atom is -0.383 e. The quantitative estimate of drug-likeness (QED) is 0.307. The number of hydrogen-bond donors (Lipinski definition) is 3. The van der Waals surface area contributed by atoms with Crippen molar-refractivity contribution in [3.05, 3.63) is 75.9 Å². The van der Waals surface area contributed by atoms with Crippen molar-refractivity contribution in [1.82, 2.24) is 25.3 Å². The monoisotopic (exact) mass is 632 g/mol. The predicted octanol–water partition coefficient (Wildman–Crippen LogP) is 4.42. The molecule has 0 aliphatic carbocycles. The number of halogens is 3. The Bertz CT molecular complexity index is 1320. The Morgan fingerprint density at radius 1 is 1.12 bits per heavy atom. The second kappa shape index (κ2) is 13.8. The Morgan fingerprint density at radius 3 is 2.63 bits per heavy atom. The van der Waals surface area contributed by atoms with Gasteiger partial charge in [0.25, 0.3) is 0 Å². The highest BCUT2D eigenvalue weighted by molar-refractivity contribution is 9.10. The number of carbonyl (C=O) groups is 1. The number of anilines is 1. The number of nitrogens with zero attached hydrogens (tertiary/aromatic N) is 3. The van der Waals surface area contributed by atoms with Crippen LogP contribution in [0.3, 0.4) is 0 Å². The first-order valence-electron chi connectivity index (χ1n) is 13.8. The van der Waals surface area contributed by atoms with Crippen molar-refractivity contribution in [3.63, 3.8) is 0 Å². The van der Waals surface area contributed by atoms with E-state index >= 15 is 0 Å². The van der Waals surface area contributed by atoms with Crippen LogP contribution in [0.5, 0.6) is 0 Å². The number of rotatable bonds is 10. The van der Waals surface area contributed by atoms with E-state index in [-0.39, 0.29) is 18.1 Å². The van der Waals surface area contributed by atoms with E-state index in [0.29, 0.717) is 54.4 Å². The van der Waals surface area contributed by atoms with Crippen LogP contribution in [0.1, 0.15) is 30.0 Å². The Balaban J connectivity index is 1.34. The lowest BCUT2D eigenvalue weighted by Crippen LogP contribution is -2.42. The molecule has 220 valence electrons. The standard InChI is InChI=1S/C29H35BrF2N6O3/c1-40-14-13-37-16-22(19-7-8-23(31)24(32)15-19)25(17-37)34-29(39)35-28-27(30)26(18-41-21-9-11-33-12-10-21)36-38(28)20-5-3-2-4-6-20/h2-8,15,21-22,25,33H,9-14,16-18H2,1H3,(H2,34,35,39). The molecule has 2 aromatic carbocycles. The summed E-state index contributed by atoms with van der Waals surface area (Å²) in [4.78, 5) is 15.6. The van der Waals surface area contributed by atoms with Crippen LogP contribution < -0.4 is 16.0 Å². The van der Waals surface area contributed by atoms with Crippen LogP contribution in [0.25, 0.3) is 5.69 Å². The summed E-state index contributed by atoms with van der Waals surface area (Å²) in [7, 11) is 1.63. The van der Waals surface area contributed by atoms with Gasteiger partial charge >= 0.3 is 6.03 Å². The van der Waals surface area contributed by atoms with Crippen molar-refractivity contribution >= 4 is 27.8 Å². The van der Waals surface area contributed by atoms with Gasteiger partial charge in [-0.15, -0.1) is 0 Å². The molecule has 0 radical (unpaired) electrons. The number of benzene rings is 2. The Morgan fingerprint density at radius 2 is 1.90 bits per heavy atom. The zero-order valence-corrected chi connectivity index (χ0v) is 24.5. The number of carbonyl (C=O) groups excluding carboxylic acids is 1.